The smallest absolute Gasteiger partial charge is 0.462 e. The molecule has 0 radical (unpaired) electrons. The molecule has 1 rings (SSSR count). The molecule has 0 saturated carbocycles. The van der Waals surface area contributed by atoms with Crippen LogP contribution in [-0.4, -0.2) is 44.5 Å². The fourth-order valence-corrected chi connectivity index (χ4v) is 1.32. The molecule has 0 amide bonds. The predicted octanol–water partition coefficient (Wildman–Crippen LogP) is 0.845. The van der Waals surface area contributed by atoms with E-state index in [1.807, 2.05) is 0 Å². The Kier molecular flexibility index (Phi) is 6.39. The van der Waals surface area contributed by atoms with Crippen molar-refractivity contribution >= 4 is 12.1 Å². The summed E-state index contributed by atoms with van der Waals surface area (Å²) in [6, 6.07) is 0. The van der Waals surface area contributed by atoms with Gasteiger partial charge in [-0.15, -0.1) is 0 Å². The van der Waals surface area contributed by atoms with E-state index in [-0.39, 0.29) is 19.2 Å². The molecule has 98 valence electrons. The average molecular weight is 245 g/mol. The summed E-state index contributed by atoms with van der Waals surface area (Å²) in [6.45, 7) is 3.86. The van der Waals surface area contributed by atoms with Gasteiger partial charge in [-0.25, -0.2) is 4.79 Å². The van der Waals surface area contributed by atoms with Gasteiger partial charge in [0.25, 0.3) is 0 Å². The molecule has 1 N–H and O–H groups in total. The maximum absolute atomic E-state index is 11.3. The number of carbonyl (C=O) groups is 2. The first-order valence-electron chi connectivity index (χ1n) is 5.92. The van der Waals surface area contributed by atoms with Crippen LogP contribution >= 0.6 is 0 Å². The van der Waals surface area contributed by atoms with Crippen LogP contribution in [0.2, 0.25) is 0 Å². The molecule has 0 aliphatic carbocycles. The zero-order valence-corrected chi connectivity index (χ0v) is 10.1. The van der Waals surface area contributed by atoms with Crippen LogP contribution in [0.15, 0.2) is 0 Å². The summed E-state index contributed by atoms with van der Waals surface area (Å²) in [5, 5.41) is 3.14. The lowest BCUT2D eigenvalue weighted by Gasteiger charge is -2.08. The lowest BCUT2D eigenvalue weighted by Crippen LogP contribution is -2.24. The van der Waals surface area contributed by atoms with Crippen molar-refractivity contribution in [2.45, 2.75) is 32.3 Å². The normalized spacial score (nSPS) is 18.6. The van der Waals surface area contributed by atoms with Crippen LogP contribution in [0.4, 0.5) is 4.79 Å². The third-order valence-corrected chi connectivity index (χ3v) is 2.29. The van der Waals surface area contributed by atoms with Crippen LogP contribution in [0.5, 0.6) is 0 Å². The van der Waals surface area contributed by atoms with Crippen LogP contribution in [0, 0.1) is 0 Å². The summed E-state index contributed by atoms with van der Waals surface area (Å²) in [4.78, 5) is 21.8. The Morgan fingerprint density at radius 1 is 1.53 bits per heavy atom. The van der Waals surface area contributed by atoms with Crippen molar-refractivity contribution in [3.63, 3.8) is 0 Å². The lowest BCUT2D eigenvalue weighted by atomic mass is 10.3. The number of nitrogens with one attached hydrogen (secondary N) is 1. The third-order valence-electron chi connectivity index (χ3n) is 2.29. The Bertz CT molecular complexity index is 256. The van der Waals surface area contributed by atoms with Crippen molar-refractivity contribution in [2.24, 2.45) is 0 Å². The second kappa shape index (κ2) is 7.89. The fourth-order valence-electron chi connectivity index (χ4n) is 1.32. The van der Waals surface area contributed by atoms with Gasteiger partial charge in [0.2, 0.25) is 0 Å². The number of unbranched alkanes of at least 4 members (excludes halogenated alkanes) is 1. The molecule has 1 heterocycles. The fraction of sp³-hybridized carbons (Fsp3) is 0.818. The van der Waals surface area contributed by atoms with Gasteiger partial charge in [0.15, 0.2) is 6.10 Å². The quantitative estimate of drug-likeness (QED) is 0.504. The minimum absolute atomic E-state index is 0.0690. The molecule has 0 spiro atoms. The Hall–Kier alpha value is -1.30. The molecule has 1 atom stereocenters. The Balaban J connectivity index is 1.96. The first-order valence-corrected chi connectivity index (χ1v) is 5.92. The van der Waals surface area contributed by atoms with Gasteiger partial charge in [-0.1, -0.05) is 13.3 Å². The van der Waals surface area contributed by atoms with Gasteiger partial charge in [-0.3, -0.25) is 4.79 Å². The summed E-state index contributed by atoms with van der Waals surface area (Å²) in [6.07, 6.45) is 1.40. The number of cyclic esters (lactones) is 2. The van der Waals surface area contributed by atoms with Crippen LogP contribution in [0.25, 0.3) is 0 Å². The topological polar surface area (TPSA) is 73.9 Å². The van der Waals surface area contributed by atoms with Crippen LogP contribution < -0.4 is 5.32 Å². The lowest BCUT2D eigenvalue weighted by molar-refractivity contribution is -0.145. The van der Waals surface area contributed by atoms with Gasteiger partial charge in [0, 0.05) is 6.54 Å². The highest BCUT2D eigenvalue weighted by Crippen LogP contribution is 2.06. The molecule has 6 heteroatoms. The summed E-state index contributed by atoms with van der Waals surface area (Å²) in [7, 11) is 0. The first-order chi connectivity index (χ1) is 8.22. The minimum atomic E-state index is -0.702. The average Bonchev–Trinajstić information content (AvgIpc) is 2.72. The van der Waals surface area contributed by atoms with E-state index in [1.165, 1.54) is 0 Å². The molecule has 6 nitrogen and oxygen atoms in total. The zero-order valence-electron chi connectivity index (χ0n) is 10.1. The van der Waals surface area contributed by atoms with Crippen LogP contribution in [-0.2, 0) is 19.0 Å². The molecule has 1 aliphatic rings. The molecular formula is C11H19NO5. The van der Waals surface area contributed by atoms with E-state index < -0.39 is 12.3 Å². The summed E-state index contributed by atoms with van der Waals surface area (Å²) < 4.78 is 14.2. The zero-order chi connectivity index (χ0) is 12.5. The van der Waals surface area contributed by atoms with Gasteiger partial charge < -0.3 is 19.5 Å². The molecule has 1 fully saturated rings. The number of ether oxygens (including phenoxy) is 3. The number of rotatable bonds is 8. The largest absolute Gasteiger partial charge is 0.508 e. The number of hydrogen-bond acceptors (Lipinski definition) is 6. The van der Waals surface area contributed by atoms with E-state index in [1.54, 1.807) is 0 Å². The molecule has 1 aliphatic heterocycles. The third kappa shape index (κ3) is 6.11. The Morgan fingerprint density at radius 2 is 2.35 bits per heavy atom. The number of esters is 1. The minimum Gasteiger partial charge on any atom is -0.462 e. The van der Waals surface area contributed by atoms with Crippen molar-refractivity contribution in [1.82, 2.24) is 5.32 Å². The second-order valence-electron chi connectivity index (χ2n) is 3.84. The number of hydrogen-bond donors (Lipinski definition) is 1. The summed E-state index contributed by atoms with van der Waals surface area (Å²) in [5.41, 5.74) is 0. The molecule has 0 aromatic rings. The highest BCUT2D eigenvalue weighted by Gasteiger charge is 2.25. The molecular weight excluding hydrogens is 226 g/mol. The van der Waals surface area contributed by atoms with E-state index in [4.69, 9.17) is 9.47 Å². The maximum Gasteiger partial charge on any atom is 0.508 e. The van der Waals surface area contributed by atoms with Crippen molar-refractivity contribution in [3.8, 4) is 0 Å². The first kappa shape index (κ1) is 13.8. The summed E-state index contributed by atoms with van der Waals surface area (Å²) in [5.74, 6) is -0.294. The summed E-state index contributed by atoms with van der Waals surface area (Å²) >= 11 is 0. The molecule has 1 saturated heterocycles. The van der Waals surface area contributed by atoms with Crippen LogP contribution in [0.1, 0.15) is 26.2 Å². The maximum atomic E-state index is 11.3. The van der Waals surface area contributed by atoms with Crippen molar-refractivity contribution in [3.05, 3.63) is 0 Å². The van der Waals surface area contributed by atoms with Gasteiger partial charge in [-0.2, -0.15) is 0 Å². The standard InChI is InChI=1S/C11H19NO5/c1-2-3-5-12-6-4-10(13)15-7-9-8-16-11(14)17-9/h9,12H,2-8H2,1H3/t9-/m0/s1. The van der Waals surface area contributed by atoms with E-state index in [0.29, 0.717) is 13.0 Å². The van der Waals surface area contributed by atoms with Crippen molar-refractivity contribution in [2.75, 3.05) is 26.3 Å². The second-order valence-corrected chi connectivity index (χ2v) is 3.84. The van der Waals surface area contributed by atoms with E-state index in [0.717, 1.165) is 19.4 Å². The molecule has 17 heavy (non-hydrogen) atoms. The SMILES string of the molecule is CCCCNCCC(=O)OC[C@H]1COC(=O)O1. The van der Waals surface area contributed by atoms with Crippen molar-refractivity contribution < 1.29 is 23.8 Å². The molecule has 0 unspecified atom stereocenters. The molecule has 0 aromatic heterocycles. The Labute approximate surface area is 101 Å². The highest BCUT2D eigenvalue weighted by atomic mass is 16.8. The predicted molar refractivity (Wildman–Crippen MR) is 59.6 cm³/mol. The van der Waals surface area contributed by atoms with Crippen molar-refractivity contribution in [1.29, 1.82) is 0 Å². The number of carbonyl (C=O) groups excluding carboxylic acids is 2. The van der Waals surface area contributed by atoms with Gasteiger partial charge in [-0.05, 0) is 13.0 Å². The monoisotopic (exact) mass is 245 g/mol. The highest BCUT2D eigenvalue weighted by molar-refractivity contribution is 5.69. The molecule has 0 bridgehead atoms. The van der Waals surface area contributed by atoms with E-state index in [2.05, 4.69) is 17.0 Å². The van der Waals surface area contributed by atoms with E-state index in [9.17, 15) is 9.59 Å². The van der Waals surface area contributed by atoms with Gasteiger partial charge >= 0.3 is 12.1 Å². The van der Waals surface area contributed by atoms with Gasteiger partial charge in [0.1, 0.15) is 13.2 Å². The molecule has 0 aromatic carbocycles. The Morgan fingerprint density at radius 3 is 3.00 bits per heavy atom. The van der Waals surface area contributed by atoms with E-state index >= 15 is 0 Å². The van der Waals surface area contributed by atoms with Gasteiger partial charge in [0.05, 0.1) is 6.42 Å². The van der Waals surface area contributed by atoms with Crippen LogP contribution in [0.3, 0.4) is 0 Å².